The lowest BCUT2D eigenvalue weighted by atomic mass is 10.2. The number of halogens is 1. The lowest BCUT2D eigenvalue weighted by molar-refractivity contribution is -0.384. The first-order chi connectivity index (χ1) is 9.69. The Morgan fingerprint density at radius 1 is 1.43 bits per heavy atom. The Kier molecular flexibility index (Phi) is 6.09. The number of hydrogen-bond donors (Lipinski definition) is 1. The monoisotopic (exact) mass is 335 g/mol. The van der Waals surface area contributed by atoms with Crippen LogP contribution in [-0.4, -0.2) is 44.9 Å². The second-order valence-corrected chi connectivity index (χ2v) is 6.76. The van der Waals surface area contributed by atoms with Crippen molar-refractivity contribution in [3.05, 3.63) is 32.8 Å². The van der Waals surface area contributed by atoms with E-state index in [-0.39, 0.29) is 16.5 Å². The second kappa shape index (κ2) is 7.17. The van der Waals surface area contributed by atoms with Crippen molar-refractivity contribution in [1.82, 2.24) is 9.62 Å². The minimum Gasteiger partial charge on any atom is -0.305 e. The Morgan fingerprint density at radius 2 is 2.05 bits per heavy atom. The Labute approximate surface area is 129 Å². The van der Waals surface area contributed by atoms with Crippen LogP contribution in [0.25, 0.3) is 0 Å². The maximum absolute atomic E-state index is 12.2. The number of nitro groups is 1. The topological polar surface area (TPSA) is 92.6 Å². The van der Waals surface area contributed by atoms with Gasteiger partial charge in [-0.1, -0.05) is 18.5 Å². The molecule has 0 saturated carbocycles. The molecule has 0 fully saturated rings. The number of rotatable bonds is 7. The van der Waals surface area contributed by atoms with Gasteiger partial charge in [0, 0.05) is 19.2 Å². The van der Waals surface area contributed by atoms with Crippen LogP contribution in [0.4, 0.5) is 5.69 Å². The molecule has 0 amide bonds. The molecule has 1 aromatic rings. The second-order valence-electron chi connectivity index (χ2n) is 4.62. The van der Waals surface area contributed by atoms with Crippen molar-refractivity contribution in [2.45, 2.75) is 18.7 Å². The molecule has 9 heteroatoms. The molecule has 1 rings (SSSR count). The molecule has 0 bridgehead atoms. The smallest absolute Gasteiger partial charge is 0.289 e. The van der Waals surface area contributed by atoms with Crippen LogP contribution in [0.2, 0.25) is 5.02 Å². The Morgan fingerprint density at radius 3 is 2.57 bits per heavy atom. The van der Waals surface area contributed by atoms with E-state index in [0.29, 0.717) is 12.1 Å². The van der Waals surface area contributed by atoms with Gasteiger partial charge in [0.05, 0.1) is 9.82 Å². The van der Waals surface area contributed by atoms with Gasteiger partial charge in [0.25, 0.3) is 5.69 Å². The molecule has 1 N–H and O–H groups in total. The molecule has 7 nitrogen and oxygen atoms in total. The number of sulfonamides is 1. The van der Waals surface area contributed by atoms with E-state index >= 15 is 0 Å². The molecule has 0 radical (unpaired) electrons. The molecule has 0 atom stereocenters. The van der Waals surface area contributed by atoms with Gasteiger partial charge in [0.1, 0.15) is 5.02 Å². The van der Waals surface area contributed by atoms with Gasteiger partial charge in [-0.2, -0.15) is 0 Å². The highest BCUT2D eigenvalue weighted by Gasteiger charge is 2.23. The molecule has 0 spiro atoms. The number of likely N-dealkylation sites (N-methyl/N-ethyl adjacent to an activating group) is 1. The van der Waals surface area contributed by atoms with Crippen molar-refractivity contribution >= 4 is 27.3 Å². The summed E-state index contributed by atoms with van der Waals surface area (Å²) in [5.41, 5.74) is -0.0599. The maximum Gasteiger partial charge on any atom is 0.289 e. The molecular formula is C12H18ClN3O4S. The molecule has 0 heterocycles. The lowest BCUT2D eigenvalue weighted by Gasteiger charge is -2.15. The molecule has 0 aliphatic heterocycles. The Balaban J connectivity index is 3.03. The molecule has 0 aromatic heterocycles. The van der Waals surface area contributed by atoms with E-state index in [1.54, 1.807) is 6.92 Å². The summed E-state index contributed by atoms with van der Waals surface area (Å²) in [5.74, 6) is 0. The van der Waals surface area contributed by atoms with Crippen LogP contribution in [-0.2, 0) is 10.0 Å². The normalized spacial score (nSPS) is 11.9. The third-order valence-corrected chi connectivity index (χ3v) is 4.96. The van der Waals surface area contributed by atoms with Crippen molar-refractivity contribution in [2.75, 3.05) is 26.7 Å². The highest BCUT2D eigenvalue weighted by molar-refractivity contribution is 7.89. The van der Waals surface area contributed by atoms with E-state index in [0.717, 1.165) is 12.6 Å². The van der Waals surface area contributed by atoms with Crippen molar-refractivity contribution in [2.24, 2.45) is 0 Å². The van der Waals surface area contributed by atoms with Gasteiger partial charge >= 0.3 is 0 Å². The van der Waals surface area contributed by atoms with Gasteiger partial charge in [-0.25, -0.2) is 13.1 Å². The molecular weight excluding hydrogens is 318 g/mol. The average Bonchev–Trinajstić information content (AvgIpc) is 2.37. The van der Waals surface area contributed by atoms with Gasteiger partial charge in [-0.05, 0) is 32.1 Å². The third-order valence-electron chi connectivity index (χ3n) is 3.06. The van der Waals surface area contributed by atoms with Gasteiger partial charge in [0.2, 0.25) is 10.0 Å². The zero-order valence-electron chi connectivity index (χ0n) is 12.1. The predicted molar refractivity (Wildman–Crippen MR) is 81.2 cm³/mol. The Bertz CT molecular complexity index is 634. The van der Waals surface area contributed by atoms with Gasteiger partial charge in [0.15, 0.2) is 0 Å². The van der Waals surface area contributed by atoms with Gasteiger partial charge in [-0.3, -0.25) is 10.1 Å². The fourth-order valence-corrected chi connectivity index (χ4v) is 3.23. The summed E-state index contributed by atoms with van der Waals surface area (Å²) in [6, 6.07) is 2.27. The van der Waals surface area contributed by atoms with E-state index < -0.39 is 20.6 Å². The first-order valence-electron chi connectivity index (χ1n) is 6.31. The molecule has 0 unspecified atom stereocenters. The molecule has 0 saturated heterocycles. The van der Waals surface area contributed by atoms with Gasteiger partial charge in [-0.15, -0.1) is 0 Å². The van der Waals surface area contributed by atoms with E-state index in [4.69, 9.17) is 11.6 Å². The van der Waals surface area contributed by atoms with Crippen LogP contribution in [0.5, 0.6) is 0 Å². The van der Waals surface area contributed by atoms with E-state index in [1.807, 2.05) is 18.9 Å². The lowest BCUT2D eigenvalue weighted by Crippen LogP contribution is -2.33. The fourth-order valence-electron chi connectivity index (χ4n) is 1.68. The molecule has 0 aliphatic rings. The number of nitro benzene ring substituents is 1. The van der Waals surface area contributed by atoms with Crippen LogP contribution < -0.4 is 4.72 Å². The van der Waals surface area contributed by atoms with Crippen molar-refractivity contribution in [3.8, 4) is 0 Å². The standard InChI is InChI=1S/C12H18ClN3O4S/c1-4-15(3)6-5-14-21(19,20)12-8-11(16(17)18)10(13)7-9(12)2/h7-8,14H,4-6H2,1-3H3. The van der Waals surface area contributed by atoms with E-state index in [9.17, 15) is 18.5 Å². The summed E-state index contributed by atoms with van der Waals surface area (Å²) in [6.07, 6.45) is 0. The number of hydrogen-bond acceptors (Lipinski definition) is 5. The third kappa shape index (κ3) is 4.63. The average molecular weight is 336 g/mol. The Hall–Kier alpha value is -1.22. The number of benzene rings is 1. The number of nitrogens with zero attached hydrogens (tertiary/aromatic N) is 2. The van der Waals surface area contributed by atoms with Crippen LogP contribution in [0, 0.1) is 17.0 Å². The van der Waals surface area contributed by atoms with Crippen LogP contribution in [0.3, 0.4) is 0 Å². The quantitative estimate of drug-likeness (QED) is 0.605. The molecule has 118 valence electrons. The number of aryl methyl sites for hydroxylation is 1. The molecule has 0 aliphatic carbocycles. The largest absolute Gasteiger partial charge is 0.305 e. The first-order valence-corrected chi connectivity index (χ1v) is 8.18. The summed E-state index contributed by atoms with van der Waals surface area (Å²) >= 11 is 5.75. The maximum atomic E-state index is 12.2. The fraction of sp³-hybridized carbons (Fsp3) is 0.500. The van der Waals surface area contributed by atoms with Crippen LogP contribution >= 0.6 is 11.6 Å². The minimum atomic E-state index is -3.81. The van der Waals surface area contributed by atoms with E-state index in [2.05, 4.69) is 4.72 Å². The minimum absolute atomic E-state index is 0.0813. The summed E-state index contributed by atoms with van der Waals surface area (Å²) < 4.78 is 26.9. The zero-order valence-corrected chi connectivity index (χ0v) is 13.7. The summed E-state index contributed by atoms with van der Waals surface area (Å²) in [7, 11) is -1.94. The molecule has 1 aromatic carbocycles. The van der Waals surface area contributed by atoms with Crippen molar-refractivity contribution in [1.29, 1.82) is 0 Å². The van der Waals surface area contributed by atoms with Crippen LogP contribution in [0.15, 0.2) is 17.0 Å². The van der Waals surface area contributed by atoms with Crippen molar-refractivity contribution < 1.29 is 13.3 Å². The highest BCUT2D eigenvalue weighted by atomic mass is 35.5. The number of nitrogens with one attached hydrogen (secondary N) is 1. The van der Waals surface area contributed by atoms with Crippen molar-refractivity contribution in [3.63, 3.8) is 0 Å². The molecule has 21 heavy (non-hydrogen) atoms. The highest BCUT2D eigenvalue weighted by Crippen LogP contribution is 2.29. The summed E-state index contributed by atoms with van der Waals surface area (Å²) in [6.45, 7) is 5.07. The predicted octanol–water partition coefficient (Wildman–Crippen LogP) is 1.79. The SMILES string of the molecule is CCN(C)CCNS(=O)(=O)c1cc([N+](=O)[O-])c(Cl)cc1C. The van der Waals surface area contributed by atoms with Gasteiger partial charge < -0.3 is 4.90 Å². The zero-order chi connectivity index (χ0) is 16.2. The summed E-state index contributed by atoms with van der Waals surface area (Å²) in [5, 5.41) is 10.8. The van der Waals surface area contributed by atoms with Crippen LogP contribution in [0.1, 0.15) is 12.5 Å². The summed E-state index contributed by atoms with van der Waals surface area (Å²) in [4.78, 5) is 12.0. The first kappa shape index (κ1) is 17.8. The van der Waals surface area contributed by atoms with E-state index in [1.165, 1.54) is 6.07 Å².